The van der Waals surface area contributed by atoms with E-state index in [0.29, 0.717) is 5.76 Å². The lowest BCUT2D eigenvalue weighted by molar-refractivity contribution is 0.181. The molecule has 4 heteroatoms. The third kappa shape index (κ3) is 2.04. The first-order valence-electron chi connectivity index (χ1n) is 6.40. The van der Waals surface area contributed by atoms with Crippen molar-refractivity contribution >= 4 is 11.0 Å². The van der Waals surface area contributed by atoms with Gasteiger partial charge in [-0.1, -0.05) is 18.2 Å². The molecule has 0 aliphatic carbocycles. The molecule has 0 fully saturated rings. The minimum absolute atomic E-state index is 0.552. The van der Waals surface area contributed by atoms with E-state index in [9.17, 15) is 5.11 Å². The maximum atomic E-state index is 10.5. The number of rotatable bonds is 3. The number of benzene rings is 1. The van der Waals surface area contributed by atoms with Crippen LogP contribution in [0.2, 0.25) is 0 Å². The number of furan rings is 1. The number of nitrogens with zero attached hydrogens (tertiary/aromatic N) is 2. The van der Waals surface area contributed by atoms with Crippen LogP contribution >= 0.6 is 0 Å². The molecule has 0 amide bonds. The van der Waals surface area contributed by atoms with Crippen LogP contribution in [0.15, 0.2) is 40.8 Å². The van der Waals surface area contributed by atoms with Crippen molar-refractivity contribution in [3.63, 3.8) is 0 Å². The minimum Gasteiger partial charge on any atom is -0.458 e. The lowest BCUT2D eigenvalue weighted by atomic mass is 10.1. The fourth-order valence-corrected chi connectivity index (χ4v) is 2.32. The summed E-state index contributed by atoms with van der Waals surface area (Å²) >= 11 is 0. The molecule has 19 heavy (non-hydrogen) atoms. The molecule has 0 bridgehead atoms. The summed E-state index contributed by atoms with van der Waals surface area (Å²) in [6.07, 6.45) is -0.784. The zero-order chi connectivity index (χ0) is 13.4. The van der Waals surface area contributed by atoms with Crippen LogP contribution < -0.4 is 0 Å². The lowest BCUT2D eigenvalue weighted by Crippen LogP contribution is -2.08. The van der Waals surface area contributed by atoms with Crippen molar-refractivity contribution in [2.45, 2.75) is 26.5 Å². The Morgan fingerprint density at radius 1 is 1.32 bits per heavy atom. The average Bonchev–Trinajstić information content (AvgIpc) is 3.00. The number of aryl methyl sites for hydroxylation is 2. The van der Waals surface area contributed by atoms with Crippen LogP contribution in [0.4, 0.5) is 0 Å². The number of para-hydroxylation sites is 1. The standard InChI is InChI=1S/C15H16N2O2/c1-3-17-12(8-10(2)16-17)15(18)14-9-11-6-4-5-7-13(11)19-14/h4-9,15,18H,3H2,1-2H3. The first kappa shape index (κ1) is 12.0. The van der Waals surface area contributed by atoms with Gasteiger partial charge in [-0.3, -0.25) is 4.68 Å². The van der Waals surface area contributed by atoms with Crippen molar-refractivity contribution in [2.24, 2.45) is 0 Å². The SMILES string of the molecule is CCn1nc(C)cc1C(O)c1cc2ccccc2o1. The zero-order valence-corrected chi connectivity index (χ0v) is 11.0. The molecule has 0 saturated heterocycles. The fourth-order valence-electron chi connectivity index (χ4n) is 2.32. The summed E-state index contributed by atoms with van der Waals surface area (Å²) in [5.74, 6) is 0.552. The summed E-state index contributed by atoms with van der Waals surface area (Å²) in [5, 5.41) is 15.8. The van der Waals surface area contributed by atoms with Crippen LogP contribution in [0.3, 0.4) is 0 Å². The second-order valence-electron chi connectivity index (χ2n) is 4.62. The summed E-state index contributed by atoms with van der Waals surface area (Å²) in [7, 11) is 0. The Balaban J connectivity index is 2.05. The molecule has 2 aromatic heterocycles. The molecular formula is C15H16N2O2. The highest BCUT2D eigenvalue weighted by atomic mass is 16.4. The predicted octanol–water partition coefficient (Wildman–Crippen LogP) is 3.04. The summed E-state index contributed by atoms with van der Waals surface area (Å²) in [4.78, 5) is 0. The Morgan fingerprint density at radius 3 is 2.84 bits per heavy atom. The maximum Gasteiger partial charge on any atom is 0.153 e. The number of hydrogen-bond acceptors (Lipinski definition) is 3. The molecule has 0 saturated carbocycles. The van der Waals surface area contributed by atoms with E-state index in [1.54, 1.807) is 4.68 Å². The van der Waals surface area contributed by atoms with Crippen LogP contribution in [0.1, 0.15) is 30.2 Å². The first-order chi connectivity index (χ1) is 9.19. The van der Waals surface area contributed by atoms with Crippen LogP contribution in [-0.4, -0.2) is 14.9 Å². The number of aliphatic hydroxyl groups excluding tert-OH is 1. The second-order valence-corrected chi connectivity index (χ2v) is 4.62. The van der Waals surface area contributed by atoms with E-state index in [1.807, 2.05) is 50.2 Å². The maximum absolute atomic E-state index is 10.5. The van der Waals surface area contributed by atoms with Crippen molar-refractivity contribution in [3.8, 4) is 0 Å². The van der Waals surface area contributed by atoms with E-state index in [2.05, 4.69) is 5.10 Å². The molecule has 98 valence electrons. The highest BCUT2D eigenvalue weighted by Gasteiger charge is 2.20. The molecule has 0 aliphatic heterocycles. The molecule has 3 aromatic rings. The third-order valence-corrected chi connectivity index (χ3v) is 3.23. The van der Waals surface area contributed by atoms with E-state index in [1.165, 1.54) is 0 Å². The molecule has 0 radical (unpaired) electrons. The molecule has 3 rings (SSSR count). The molecule has 0 spiro atoms. The van der Waals surface area contributed by atoms with E-state index in [0.717, 1.165) is 28.9 Å². The second kappa shape index (κ2) is 4.55. The van der Waals surface area contributed by atoms with Gasteiger partial charge in [0.2, 0.25) is 0 Å². The summed E-state index contributed by atoms with van der Waals surface area (Å²) in [6.45, 7) is 4.64. The van der Waals surface area contributed by atoms with Crippen LogP contribution in [0, 0.1) is 6.92 Å². The highest BCUT2D eigenvalue weighted by molar-refractivity contribution is 5.77. The smallest absolute Gasteiger partial charge is 0.153 e. The van der Waals surface area contributed by atoms with Gasteiger partial charge in [-0.25, -0.2) is 0 Å². The normalized spacial score (nSPS) is 13.0. The largest absolute Gasteiger partial charge is 0.458 e. The topological polar surface area (TPSA) is 51.2 Å². The van der Waals surface area contributed by atoms with Gasteiger partial charge in [-0.15, -0.1) is 0 Å². The van der Waals surface area contributed by atoms with E-state index in [-0.39, 0.29) is 0 Å². The summed E-state index contributed by atoms with van der Waals surface area (Å²) in [5.41, 5.74) is 2.45. The fraction of sp³-hybridized carbons (Fsp3) is 0.267. The zero-order valence-electron chi connectivity index (χ0n) is 11.0. The third-order valence-electron chi connectivity index (χ3n) is 3.23. The summed E-state index contributed by atoms with van der Waals surface area (Å²) in [6, 6.07) is 11.5. The molecule has 1 atom stereocenters. The van der Waals surface area contributed by atoms with Gasteiger partial charge >= 0.3 is 0 Å². The summed E-state index contributed by atoms with van der Waals surface area (Å²) < 4.78 is 7.50. The van der Waals surface area contributed by atoms with Gasteiger partial charge in [0.1, 0.15) is 11.3 Å². The van der Waals surface area contributed by atoms with Gasteiger partial charge in [0, 0.05) is 11.9 Å². The van der Waals surface area contributed by atoms with Gasteiger partial charge in [-0.2, -0.15) is 5.10 Å². The average molecular weight is 256 g/mol. The Morgan fingerprint density at radius 2 is 2.11 bits per heavy atom. The van der Waals surface area contributed by atoms with E-state index in [4.69, 9.17) is 4.42 Å². The number of fused-ring (bicyclic) bond motifs is 1. The lowest BCUT2D eigenvalue weighted by Gasteiger charge is -2.09. The highest BCUT2D eigenvalue weighted by Crippen LogP contribution is 2.28. The van der Waals surface area contributed by atoms with Gasteiger partial charge in [-0.05, 0) is 32.0 Å². The number of aromatic nitrogens is 2. The minimum atomic E-state index is -0.784. The Bertz CT molecular complexity index is 679. The van der Waals surface area contributed by atoms with Crippen molar-refractivity contribution in [1.29, 1.82) is 0 Å². The molecule has 4 nitrogen and oxygen atoms in total. The predicted molar refractivity (Wildman–Crippen MR) is 72.9 cm³/mol. The van der Waals surface area contributed by atoms with Gasteiger partial charge in [0.25, 0.3) is 0 Å². The Kier molecular flexibility index (Phi) is 2.87. The molecule has 1 N–H and O–H groups in total. The quantitative estimate of drug-likeness (QED) is 0.783. The molecule has 1 aromatic carbocycles. The molecule has 1 unspecified atom stereocenters. The van der Waals surface area contributed by atoms with E-state index < -0.39 is 6.10 Å². The van der Waals surface area contributed by atoms with Crippen molar-refractivity contribution in [3.05, 3.63) is 53.5 Å². The molecular weight excluding hydrogens is 240 g/mol. The van der Waals surface area contributed by atoms with Crippen molar-refractivity contribution in [2.75, 3.05) is 0 Å². The molecule has 0 aliphatic rings. The van der Waals surface area contributed by atoms with Crippen LogP contribution in [-0.2, 0) is 6.54 Å². The Labute approximate surface area is 111 Å². The molecule has 2 heterocycles. The number of hydrogen-bond donors (Lipinski definition) is 1. The van der Waals surface area contributed by atoms with Gasteiger partial charge in [0.05, 0.1) is 11.4 Å². The van der Waals surface area contributed by atoms with Crippen molar-refractivity contribution < 1.29 is 9.52 Å². The first-order valence-corrected chi connectivity index (χ1v) is 6.40. The van der Waals surface area contributed by atoms with Crippen LogP contribution in [0.25, 0.3) is 11.0 Å². The van der Waals surface area contributed by atoms with E-state index >= 15 is 0 Å². The van der Waals surface area contributed by atoms with Crippen molar-refractivity contribution in [1.82, 2.24) is 9.78 Å². The monoisotopic (exact) mass is 256 g/mol. The Hall–Kier alpha value is -2.07. The van der Waals surface area contributed by atoms with Gasteiger partial charge in [0.15, 0.2) is 6.10 Å². The van der Waals surface area contributed by atoms with Gasteiger partial charge < -0.3 is 9.52 Å². The number of aliphatic hydroxyl groups is 1. The van der Waals surface area contributed by atoms with Crippen LogP contribution in [0.5, 0.6) is 0 Å².